The van der Waals surface area contributed by atoms with Crippen LogP contribution < -0.4 is 27.4 Å². The second-order valence-corrected chi connectivity index (χ2v) is 10.5. The number of amides is 3. The maximum atomic E-state index is 13.2. The van der Waals surface area contributed by atoms with Gasteiger partial charge in [-0.05, 0) is 55.7 Å². The Hall–Kier alpha value is -2.63. The molecule has 10 nitrogen and oxygen atoms in total. The molecule has 11 heteroatoms. The molecule has 208 valence electrons. The van der Waals surface area contributed by atoms with Crippen LogP contribution in [0.4, 0.5) is 0 Å². The summed E-state index contributed by atoms with van der Waals surface area (Å²) in [6, 6.07) is 5.24. The van der Waals surface area contributed by atoms with Crippen molar-refractivity contribution in [2.45, 2.75) is 76.5 Å². The Bertz CT molecular complexity index is 855. The third-order valence-electron chi connectivity index (χ3n) is 5.79. The molecule has 4 unspecified atom stereocenters. The molecule has 1 rings (SSSR count). The number of aliphatic carboxylic acids is 1. The van der Waals surface area contributed by atoms with Crippen LogP contribution in [0.1, 0.15) is 51.5 Å². The summed E-state index contributed by atoms with van der Waals surface area (Å²) in [7, 11) is 0. The summed E-state index contributed by atoms with van der Waals surface area (Å²) in [6.45, 7) is 4.32. The highest BCUT2D eigenvalue weighted by atomic mass is 32.2. The molecule has 0 aliphatic rings. The van der Waals surface area contributed by atoms with Crippen LogP contribution in [0.2, 0.25) is 0 Å². The number of benzene rings is 1. The fourth-order valence-corrected chi connectivity index (χ4v) is 4.19. The smallest absolute Gasteiger partial charge is 0.326 e. The molecule has 3 amide bonds. The number of nitrogens with two attached hydrogens (primary N) is 2. The molecule has 0 aromatic heterocycles. The first-order valence-corrected chi connectivity index (χ1v) is 14.1. The van der Waals surface area contributed by atoms with Crippen LogP contribution in [0, 0.1) is 5.92 Å². The molecular weight excluding hydrogens is 494 g/mol. The Labute approximate surface area is 224 Å². The number of carboxylic acid groups (broad SMARTS) is 1. The third-order valence-corrected chi connectivity index (χ3v) is 6.43. The van der Waals surface area contributed by atoms with E-state index in [4.69, 9.17) is 11.5 Å². The molecule has 37 heavy (non-hydrogen) atoms. The summed E-state index contributed by atoms with van der Waals surface area (Å²) in [5.74, 6) is -2.03. The zero-order valence-electron chi connectivity index (χ0n) is 22.1. The van der Waals surface area contributed by atoms with Gasteiger partial charge in [-0.2, -0.15) is 11.8 Å². The molecule has 0 radical (unpaired) electrons. The monoisotopic (exact) mass is 537 g/mol. The summed E-state index contributed by atoms with van der Waals surface area (Å²) in [5.41, 5.74) is 12.2. The van der Waals surface area contributed by atoms with E-state index in [-0.39, 0.29) is 12.3 Å². The van der Waals surface area contributed by atoms with Gasteiger partial charge in [-0.1, -0.05) is 50.6 Å². The van der Waals surface area contributed by atoms with Crippen molar-refractivity contribution in [3.8, 4) is 0 Å². The maximum absolute atomic E-state index is 13.2. The minimum absolute atomic E-state index is 0.0451. The lowest BCUT2D eigenvalue weighted by Gasteiger charge is -2.26. The summed E-state index contributed by atoms with van der Waals surface area (Å²) >= 11 is 1.53. The van der Waals surface area contributed by atoms with Crippen LogP contribution in [-0.2, 0) is 25.6 Å². The summed E-state index contributed by atoms with van der Waals surface area (Å²) in [4.78, 5) is 50.8. The quantitative estimate of drug-likeness (QED) is 0.150. The molecule has 0 bridgehead atoms. The maximum Gasteiger partial charge on any atom is 0.326 e. The van der Waals surface area contributed by atoms with E-state index in [0.29, 0.717) is 38.0 Å². The van der Waals surface area contributed by atoms with E-state index < -0.39 is 47.9 Å². The molecular formula is C26H43N5O5S. The Morgan fingerprint density at radius 3 is 2.05 bits per heavy atom. The number of unbranched alkanes of at least 4 members (excludes halogenated alkanes) is 1. The van der Waals surface area contributed by atoms with Crippen molar-refractivity contribution in [2.24, 2.45) is 17.4 Å². The molecule has 0 saturated heterocycles. The van der Waals surface area contributed by atoms with Gasteiger partial charge in [-0.3, -0.25) is 14.4 Å². The lowest BCUT2D eigenvalue weighted by molar-refractivity contribution is -0.142. The fraction of sp³-hybridized carbons (Fsp3) is 0.615. The zero-order chi connectivity index (χ0) is 27.8. The predicted octanol–water partition coefficient (Wildman–Crippen LogP) is 1.02. The van der Waals surface area contributed by atoms with Gasteiger partial charge in [-0.25, -0.2) is 4.79 Å². The van der Waals surface area contributed by atoms with E-state index in [1.807, 2.05) is 26.2 Å². The number of rotatable bonds is 18. The summed E-state index contributed by atoms with van der Waals surface area (Å²) < 4.78 is 0. The minimum atomic E-state index is -1.17. The van der Waals surface area contributed by atoms with Gasteiger partial charge in [0.1, 0.15) is 18.1 Å². The van der Waals surface area contributed by atoms with Crippen molar-refractivity contribution >= 4 is 35.5 Å². The largest absolute Gasteiger partial charge is 0.480 e. The zero-order valence-corrected chi connectivity index (χ0v) is 22.9. The molecule has 0 saturated carbocycles. The number of hydrogen-bond donors (Lipinski definition) is 6. The number of thioether (sulfide) groups is 1. The fourth-order valence-electron chi connectivity index (χ4n) is 3.72. The van der Waals surface area contributed by atoms with Crippen LogP contribution in [0.15, 0.2) is 30.3 Å². The molecule has 1 aromatic carbocycles. The summed E-state index contributed by atoms with van der Waals surface area (Å²) in [6.07, 6.45) is 4.58. The minimum Gasteiger partial charge on any atom is -0.480 e. The number of carbonyl (C=O) groups excluding carboxylic acids is 3. The second-order valence-electron chi connectivity index (χ2n) is 9.51. The van der Waals surface area contributed by atoms with E-state index in [2.05, 4.69) is 16.0 Å². The van der Waals surface area contributed by atoms with Gasteiger partial charge in [0.25, 0.3) is 0 Å². The Morgan fingerprint density at radius 1 is 0.892 bits per heavy atom. The first-order chi connectivity index (χ1) is 17.6. The van der Waals surface area contributed by atoms with E-state index in [9.17, 15) is 24.3 Å². The van der Waals surface area contributed by atoms with Crippen molar-refractivity contribution in [2.75, 3.05) is 18.6 Å². The highest BCUT2D eigenvalue weighted by molar-refractivity contribution is 7.98. The van der Waals surface area contributed by atoms with Crippen molar-refractivity contribution < 1.29 is 24.3 Å². The molecule has 0 spiro atoms. The van der Waals surface area contributed by atoms with Gasteiger partial charge < -0.3 is 32.5 Å². The van der Waals surface area contributed by atoms with E-state index in [1.54, 1.807) is 24.3 Å². The van der Waals surface area contributed by atoms with Crippen LogP contribution in [0.25, 0.3) is 0 Å². The molecule has 1 aromatic rings. The number of nitrogens with one attached hydrogen (secondary N) is 3. The third kappa shape index (κ3) is 12.9. The van der Waals surface area contributed by atoms with Gasteiger partial charge >= 0.3 is 5.97 Å². The molecule has 0 aliphatic carbocycles. The number of carbonyl (C=O) groups is 4. The second kappa shape index (κ2) is 17.8. The molecule has 0 fully saturated rings. The van der Waals surface area contributed by atoms with E-state index in [1.165, 1.54) is 11.8 Å². The topological polar surface area (TPSA) is 177 Å². The van der Waals surface area contributed by atoms with Crippen molar-refractivity contribution in [3.05, 3.63) is 35.9 Å². The lowest BCUT2D eigenvalue weighted by Crippen LogP contribution is -2.57. The highest BCUT2D eigenvalue weighted by Crippen LogP contribution is 2.10. The van der Waals surface area contributed by atoms with Gasteiger partial charge in [0.05, 0.1) is 6.04 Å². The molecule has 0 aliphatic heterocycles. The average molecular weight is 538 g/mol. The Kier molecular flexibility index (Phi) is 15.6. The van der Waals surface area contributed by atoms with Crippen LogP contribution in [-0.4, -0.2) is 71.5 Å². The standard InChI is InChI=1S/C26H43N5O5S/c1-17(2)15-21(25(34)31-22(26(35)36)16-18-9-5-4-6-10-18)30-24(33)20(12-14-37-3)29-23(32)19(28)11-7-8-13-27/h4-6,9-10,17,19-22H,7-8,11-16,27-28H2,1-3H3,(H,29,32)(H,30,33)(H,31,34)(H,35,36). The van der Waals surface area contributed by atoms with Crippen molar-refractivity contribution in [1.82, 2.24) is 16.0 Å². The SMILES string of the molecule is CSCCC(NC(=O)C(N)CCCCN)C(=O)NC(CC(C)C)C(=O)NC(Cc1ccccc1)C(=O)O. The highest BCUT2D eigenvalue weighted by Gasteiger charge is 2.30. The van der Waals surface area contributed by atoms with Crippen LogP contribution in [0.5, 0.6) is 0 Å². The van der Waals surface area contributed by atoms with E-state index >= 15 is 0 Å². The van der Waals surface area contributed by atoms with E-state index in [0.717, 1.165) is 12.0 Å². The summed E-state index contributed by atoms with van der Waals surface area (Å²) in [5, 5.41) is 17.7. The van der Waals surface area contributed by atoms with Crippen molar-refractivity contribution in [1.29, 1.82) is 0 Å². The normalized spacial score (nSPS) is 14.3. The van der Waals surface area contributed by atoms with Crippen LogP contribution in [0.3, 0.4) is 0 Å². The average Bonchev–Trinajstić information content (AvgIpc) is 2.85. The number of hydrogen-bond acceptors (Lipinski definition) is 7. The van der Waals surface area contributed by atoms with Crippen LogP contribution >= 0.6 is 11.8 Å². The predicted molar refractivity (Wildman–Crippen MR) is 147 cm³/mol. The lowest BCUT2D eigenvalue weighted by atomic mass is 10.0. The van der Waals surface area contributed by atoms with Gasteiger partial charge in [-0.15, -0.1) is 0 Å². The first kappa shape index (κ1) is 32.4. The van der Waals surface area contributed by atoms with Crippen molar-refractivity contribution in [3.63, 3.8) is 0 Å². The Balaban J connectivity index is 2.93. The van der Waals surface area contributed by atoms with Gasteiger partial charge in [0, 0.05) is 6.42 Å². The molecule has 0 heterocycles. The van der Waals surface area contributed by atoms with Gasteiger partial charge in [0.2, 0.25) is 17.7 Å². The molecule has 4 atom stereocenters. The van der Waals surface area contributed by atoms with Gasteiger partial charge in [0.15, 0.2) is 0 Å². The first-order valence-electron chi connectivity index (χ1n) is 12.7. The molecule has 8 N–H and O–H groups in total. The Morgan fingerprint density at radius 2 is 1.49 bits per heavy atom. The number of carboxylic acids is 1.